The van der Waals surface area contributed by atoms with Crippen LogP contribution in [-0.4, -0.2) is 44.1 Å². The van der Waals surface area contributed by atoms with Crippen LogP contribution in [0.3, 0.4) is 0 Å². The number of ether oxygens (including phenoxy) is 1. The van der Waals surface area contributed by atoms with E-state index in [1.54, 1.807) is 19.3 Å². The van der Waals surface area contributed by atoms with E-state index < -0.39 is 0 Å². The van der Waals surface area contributed by atoms with Gasteiger partial charge in [0.1, 0.15) is 5.75 Å². The van der Waals surface area contributed by atoms with Gasteiger partial charge in [-0.1, -0.05) is 22.9 Å². The van der Waals surface area contributed by atoms with Crippen molar-refractivity contribution >= 4 is 27.9 Å². The third-order valence-electron chi connectivity index (χ3n) is 4.68. The summed E-state index contributed by atoms with van der Waals surface area (Å²) in [5.41, 5.74) is 0.881. The fourth-order valence-corrected chi connectivity index (χ4v) is 3.40. The van der Waals surface area contributed by atoms with Crippen LogP contribution in [0.5, 0.6) is 5.75 Å². The number of nitrogens with zero attached hydrogens (tertiary/aromatic N) is 1. The Morgan fingerprint density at radius 3 is 2.84 bits per heavy atom. The molecule has 1 fully saturated rings. The number of benzene rings is 1. The Morgan fingerprint density at radius 1 is 1.36 bits per heavy atom. The van der Waals surface area contributed by atoms with Gasteiger partial charge in [-0.25, -0.2) is 0 Å². The molecule has 138 valence electrons. The van der Waals surface area contributed by atoms with E-state index in [-0.39, 0.29) is 5.91 Å². The van der Waals surface area contributed by atoms with Crippen molar-refractivity contribution in [1.82, 2.24) is 10.2 Å². The molecule has 1 saturated heterocycles. The SMILES string of the molecule is COc1ccc(Br)cc1/C=C/C(=O)NCCCCN1CCC(C)CC1. The quantitative estimate of drug-likeness (QED) is 0.519. The summed E-state index contributed by atoms with van der Waals surface area (Å²) < 4.78 is 6.26. The zero-order chi connectivity index (χ0) is 18.1. The summed E-state index contributed by atoms with van der Waals surface area (Å²) in [5, 5.41) is 2.95. The number of hydrogen-bond acceptors (Lipinski definition) is 3. The van der Waals surface area contributed by atoms with Crippen molar-refractivity contribution < 1.29 is 9.53 Å². The van der Waals surface area contributed by atoms with Crippen molar-refractivity contribution in [2.24, 2.45) is 5.92 Å². The molecular weight excluding hydrogens is 380 g/mol. The molecule has 2 rings (SSSR count). The maximum absolute atomic E-state index is 11.9. The molecule has 1 aromatic carbocycles. The highest BCUT2D eigenvalue weighted by molar-refractivity contribution is 9.10. The number of carbonyl (C=O) groups is 1. The smallest absolute Gasteiger partial charge is 0.244 e. The van der Waals surface area contributed by atoms with E-state index in [0.717, 1.165) is 47.6 Å². The molecule has 0 atom stereocenters. The van der Waals surface area contributed by atoms with Gasteiger partial charge in [0.05, 0.1) is 7.11 Å². The lowest BCUT2D eigenvalue weighted by Crippen LogP contribution is -2.34. The molecule has 0 aromatic heterocycles. The van der Waals surface area contributed by atoms with E-state index in [0.29, 0.717) is 0 Å². The minimum absolute atomic E-state index is 0.0613. The lowest BCUT2D eigenvalue weighted by Gasteiger charge is -2.30. The lowest BCUT2D eigenvalue weighted by molar-refractivity contribution is -0.116. The molecule has 1 heterocycles. The van der Waals surface area contributed by atoms with E-state index in [9.17, 15) is 4.79 Å². The summed E-state index contributed by atoms with van der Waals surface area (Å²) in [4.78, 5) is 14.5. The molecule has 0 aliphatic carbocycles. The normalized spacial score (nSPS) is 16.3. The highest BCUT2D eigenvalue weighted by Gasteiger charge is 2.14. The van der Waals surface area contributed by atoms with Gasteiger partial charge < -0.3 is 15.0 Å². The molecule has 5 heteroatoms. The van der Waals surface area contributed by atoms with E-state index in [1.165, 1.54) is 25.9 Å². The molecule has 0 bridgehead atoms. The minimum atomic E-state index is -0.0613. The van der Waals surface area contributed by atoms with Gasteiger partial charge in [-0.3, -0.25) is 4.79 Å². The third-order valence-corrected chi connectivity index (χ3v) is 5.18. The van der Waals surface area contributed by atoms with Crippen LogP contribution in [0.15, 0.2) is 28.7 Å². The Morgan fingerprint density at radius 2 is 2.12 bits per heavy atom. The van der Waals surface area contributed by atoms with Crippen molar-refractivity contribution in [3.63, 3.8) is 0 Å². The first-order valence-electron chi connectivity index (χ1n) is 9.10. The van der Waals surface area contributed by atoms with Gasteiger partial charge in [0.2, 0.25) is 5.91 Å². The molecule has 25 heavy (non-hydrogen) atoms. The van der Waals surface area contributed by atoms with Crippen LogP contribution >= 0.6 is 15.9 Å². The highest BCUT2D eigenvalue weighted by atomic mass is 79.9. The number of amides is 1. The summed E-state index contributed by atoms with van der Waals surface area (Å²) in [5.74, 6) is 1.57. The number of unbranched alkanes of at least 4 members (excludes halogenated alkanes) is 1. The second-order valence-electron chi connectivity index (χ2n) is 6.74. The average Bonchev–Trinajstić information content (AvgIpc) is 2.61. The van der Waals surface area contributed by atoms with Crippen molar-refractivity contribution in [3.8, 4) is 5.75 Å². The molecule has 1 aliphatic rings. The summed E-state index contributed by atoms with van der Waals surface area (Å²) >= 11 is 3.43. The van der Waals surface area contributed by atoms with Gasteiger partial charge in [-0.05, 0) is 75.5 Å². The molecular formula is C20H29BrN2O2. The Labute approximate surface area is 159 Å². The Hall–Kier alpha value is -1.33. The summed E-state index contributed by atoms with van der Waals surface area (Å²) in [7, 11) is 1.63. The summed E-state index contributed by atoms with van der Waals surface area (Å²) in [6, 6.07) is 5.73. The number of halogens is 1. The maximum atomic E-state index is 11.9. The zero-order valence-corrected chi connectivity index (χ0v) is 16.8. The van der Waals surface area contributed by atoms with Gasteiger partial charge in [0.15, 0.2) is 0 Å². The van der Waals surface area contributed by atoms with Gasteiger partial charge in [0.25, 0.3) is 0 Å². The first-order valence-corrected chi connectivity index (χ1v) is 9.89. The zero-order valence-electron chi connectivity index (χ0n) is 15.3. The topological polar surface area (TPSA) is 41.6 Å². The number of rotatable bonds is 8. The Balaban J connectivity index is 1.65. The van der Waals surface area contributed by atoms with E-state index in [4.69, 9.17) is 4.74 Å². The standard InChI is InChI=1S/C20H29BrN2O2/c1-16-9-13-23(14-10-16)12-4-3-11-22-20(24)8-5-17-15-18(21)6-7-19(17)25-2/h5-8,15-16H,3-4,9-14H2,1-2H3,(H,22,24)/b8-5+. The van der Waals surface area contributed by atoms with Crippen LogP contribution in [0.1, 0.15) is 38.2 Å². The predicted molar refractivity (Wildman–Crippen MR) is 107 cm³/mol. The molecule has 4 nitrogen and oxygen atoms in total. The van der Waals surface area contributed by atoms with Crippen LogP contribution in [-0.2, 0) is 4.79 Å². The van der Waals surface area contributed by atoms with Crippen molar-refractivity contribution in [2.75, 3.05) is 33.3 Å². The minimum Gasteiger partial charge on any atom is -0.496 e. The fraction of sp³-hybridized carbons (Fsp3) is 0.550. The Bertz CT molecular complexity index is 581. The fourth-order valence-electron chi connectivity index (χ4n) is 3.02. The number of likely N-dealkylation sites (tertiary alicyclic amines) is 1. The average molecular weight is 409 g/mol. The first kappa shape index (κ1) is 20.0. The number of methoxy groups -OCH3 is 1. The summed E-state index contributed by atoms with van der Waals surface area (Å²) in [6.07, 6.45) is 8.15. The van der Waals surface area contributed by atoms with E-state index in [2.05, 4.69) is 33.1 Å². The van der Waals surface area contributed by atoms with Crippen LogP contribution < -0.4 is 10.1 Å². The molecule has 1 amide bonds. The van der Waals surface area contributed by atoms with E-state index >= 15 is 0 Å². The molecule has 0 spiro atoms. The molecule has 1 aromatic rings. The monoisotopic (exact) mass is 408 g/mol. The van der Waals surface area contributed by atoms with Gasteiger partial charge in [-0.15, -0.1) is 0 Å². The van der Waals surface area contributed by atoms with Crippen molar-refractivity contribution in [2.45, 2.75) is 32.6 Å². The molecule has 0 saturated carbocycles. The number of hydrogen-bond donors (Lipinski definition) is 1. The van der Waals surface area contributed by atoms with Crippen LogP contribution in [0.25, 0.3) is 6.08 Å². The van der Waals surface area contributed by atoms with Gasteiger partial charge in [-0.2, -0.15) is 0 Å². The lowest BCUT2D eigenvalue weighted by atomic mass is 9.99. The van der Waals surface area contributed by atoms with Crippen LogP contribution in [0.2, 0.25) is 0 Å². The molecule has 1 N–H and O–H groups in total. The first-order chi connectivity index (χ1) is 12.1. The van der Waals surface area contributed by atoms with E-state index in [1.807, 2.05) is 18.2 Å². The maximum Gasteiger partial charge on any atom is 0.244 e. The second kappa shape index (κ2) is 10.6. The van der Waals surface area contributed by atoms with Crippen LogP contribution in [0, 0.1) is 5.92 Å². The molecule has 1 aliphatic heterocycles. The Kier molecular flexibility index (Phi) is 8.49. The molecule has 0 radical (unpaired) electrons. The highest BCUT2D eigenvalue weighted by Crippen LogP contribution is 2.24. The van der Waals surface area contributed by atoms with Crippen molar-refractivity contribution in [1.29, 1.82) is 0 Å². The van der Waals surface area contributed by atoms with Crippen LogP contribution in [0.4, 0.5) is 0 Å². The third kappa shape index (κ3) is 7.20. The number of piperidine rings is 1. The molecule has 0 unspecified atom stereocenters. The summed E-state index contributed by atoms with van der Waals surface area (Å²) in [6.45, 7) is 6.66. The predicted octanol–water partition coefficient (Wildman–Crippen LogP) is 4.10. The van der Waals surface area contributed by atoms with Gasteiger partial charge >= 0.3 is 0 Å². The van der Waals surface area contributed by atoms with Crippen molar-refractivity contribution in [3.05, 3.63) is 34.3 Å². The number of nitrogens with one attached hydrogen (secondary N) is 1. The number of carbonyl (C=O) groups excluding carboxylic acids is 1. The largest absolute Gasteiger partial charge is 0.496 e. The second-order valence-corrected chi connectivity index (χ2v) is 7.66. The van der Waals surface area contributed by atoms with Gasteiger partial charge in [0, 0.05) is 22.7 Å².